The number of hydrogen-bond acceptors (Lipinski definition) is 5. The van der Waals surface area contributed by atoms with Gasteiger partial charge in [-0.1, -0.05) is 36.4 Å². The Balaban J connectivity index is 1.93. The molecule has 1 amide bonds. The molecule has 2 aromatic rings. The Kier molecular flexibility index (Phi) is 4.33. The molecule has 4 nitrogen and oxygen atoms in total. The Labute approximate surface area is 155 Å². The molecule has 4 rings (SSSR count). The molecule has 2 fully saturated rings. The summed E-state index contributed by atoms with van der Waals surface area (Å²) < 4.78 is 4.33. The maximum atomic E-state index is 13.1. The first kappa shape index (κ1) is 16.7. The Bertz CT molecular complexity index is 773. The van der Waals surface area contributed by atoms with Gasteiger partial charge >= 0.3 is 5.97 Å². The summed E-state index contributed by atoms with van der Waals surface area (Å²) >= 11 is 2.99. The molecule has 1 aliphatic carbocycles. The predicted octanol–water partition coefficient (Wildman–Crippen LogP) is 3.60. The number of rotatable bonds is 4. The number of carbonyl (C=O) groups is 2. The number of ether oxygens (including phenoxy) is 1. The smallest absolute Gasteiger partial charge is 0.329 e. The number of thiophene rings is 1. The van der Waals surface area contributed by atoms with Crippen molar-refractivity contribution in [1.82, 2.24) is 4.90 Å². The molecule has 0 bridgehead atoms. The topological polar surface area (TPSA) is 46.6 Å². The van der Waals surface area contributed by atoms with Gasteiger partial charge < -0.3 is 9.64 Å². The van der Waals surface area contributed by atoms with Gasteiger partial charge in [-0.25, -0.2) is 0 Å². The molecule has 0 spiro atoms. The van der Waals surface area contributed by atoms with E-state index in [4.69, 9.17) is 4.74 Å². The number of methoxy groups -OCH3 is 1. The monoisotopic (exact) mass is 373 g/mol. The largest absolute Gasteiger partial charge is 0.468 e. The summed E-state index contributed by atoms with van der Waals surface area (Å²) in [6, 6.07) is 13.6. The lowest BCUT2D eigenvalue weighted by molar-refractivity contribution is -0.148. The van der Waals surface area contributed by atoms with Crippen molar-refractivity contribution in [2.24, 2.45) is 0 Å². The van der Waals surface area contributed by atoms with Gasteiger partial charge in [0.05, 0.1) is 18.9 Å². The van der Waals surface area contributed by atoms with E-state index in [0.29, 0.717) is 5.75 Å². The van der Waals surface area contributed by atoms with E-state index >= 15 is 0 Å². The minimum Gasteiger partial charge on any atom is -0.468 e. The first-order valence-electron chi connectivity index (χ1n) is 8.31. The Morgan fingerprint density at radius 3 is 2.56 bits per heavy atom. The van der Waals surface area contributed by atoms with Crippen LogP contribution in [0.4, 0.5) is 0 Å². The van der Waals surface area contributed by atoms with Crippen LogP contribution in [-0.4, -0.2) is 35.7 Å². The second-order valence-electron chi connectivity index (χ2n) is 6.33. The van der Waals surface area contributed by atoms with E-state index in [9.17, 15) is 9.59 Å². The Hall–Kier alpha value is -1.79. The molecule has 25 heavy (non-hydrogen) atoms. The third-order valence-electron chi connectivity index (χ3n) is 4.82. The summed E-state index contributed by atoms with van der Waals surface area (Å²) in [4.78, 5) is 28.9. The van der Waals surface area contributed by atoms with E-state index in [1.807, 2.05) is 52.7 Å². The maximum absolute atomic E-state index is 13.1. The number of benzene rings is 1. The fourth-order valence-electron chi connectivity index (χ4n) is 3.59. The van der Waals surface area contributed by atoms with Crippen molar-refractivity contribution in [2.45, 2.75) is 29.7 Å². The van der Waals surface area contributed by atoms with Crippen LogP contribution in [0.1, 0.15) is 29.3 Å². The summed E-state index contributed by atoms with van der Waals surface area (Å²) in [5.41, 5.74) is 0.892. The van der Waals surface area contributed by atoms with Crippen LogP contribution in [0.2, 0.25) is 0 Å². The van der Waals surface area contributed by atoms with Gasteiger partial charge in [0.2, 0.25) is 5.91 Å². The number of esters is 1. The van der Waals surface area contributed by atoms with Crippen LogP contribution < -0.4 is 0 Å². The Morgan fingerprint density at radius 1 is 1.20 bits per heavy atom. The highest BCUT2D eigenvalue weighted by molar-refractivity contribution is 8.01. The van der Waals surface area contributed by atoms with Crippen molar-refractivity contribution in [3.05, 3.63) is 58.3 Å². The fraction of sp³-hybridized carbons (Fsp3) is 0.368. The summed E-state index contributed by atoms with van der Waals surface area (Å²) in [5, 5.41) is 2.00. The molecule has 1 saturated heterocycles. The molecule has 0 N–H and O–H groups in total. The fourth-order valence-corrected chi connectivity index (χ4v) is 5.96. The van der Waals surface area contributed by atoms with E-state index in [-0.39, 0.29) is 24.0 Å². The number of carbonyl (C=O) groups excluding carboxylic acids is 2. The molecule has 2 aliphatic rings. The molecule has 6 heteroatoms. The third kappa shape index (κ3) is 2.68. The zero-order chi connectivity index (χ0) is 17.4. The van der Waals surface area contributed by atoms with Crippen LogP contribution in [0.3, 0.4) is 0 Å². The minimum absolute atomic E-state index is 0.112. The van der Waals surface area contributed by atoms with Gasteiger partial charge in [-0.3, -0.25) is 9.59 Å². The van der Waals surface area contributed by atoms with Crippen molar-refractivity contribution < 1.29 is 14.3 Å². The van der Waals surface area contributed by atoms with Crippen molar-refractivity contribution in [1.29, 1.82) is 0 Å². The minimum atomic E-state index is -0.933. The molecule has 1 saturated carbocycles. The Morgan fingerprint density at radius 2 is 1.96 bits per heavy atom. The molecule has 2 heterocycles. The molecule has 1 aromatic heterocycles. The SMILES string of the molecule is COC(=O)[C@]1(c2ccccc2)SCC(=O)N(C2CC2)[C@@H]1c1cccs1. The molecule has 1 aliphatic heterocycles. The van der Waals surface area contributed by atoms with Crippen LogP contribution in [0.25, 0.3) is 0 Å². The van der Waals surface area contributed by atoms with Crippen molar-refractivity contribution in [2.75, 3.05) is 12.9 Å². The van der Waals surface area contributed by atoms with E-state index in [1.165, 1.54) is 18.9 Å². The highest BCUT2D eigenvalue weighted by Gasteiger charge is 2.59. The van der Waals surface area contributed by atoms with Crippen molar-refractivity contribution >= 4 is 35.0 Å². The van der Waals surface area contributed by atoms with Gasteiger partial charge in [0.25, 0.3) is 0 Å². The summed E-state index contributed by atoms with van der Waals surface area (Å²) in [7, 11) is 1.43. The number of hydrogen-bond donors (Lipinski definition) is 0. The molecule has 1 aromatic carbocycles. The van der Waals surface area contributed by atoms with E-state index < -0.39 is 4.75 Å². The lowest BCUT2D eigenvalue weighted by Gasteiger charge is -2.47. The molecule has 0 radical (unpaired) electrons. The zero-order valence-electron chi connectivity index (χ0n) is 13.9. The highest BCUT2D eigenvalue weighted by Crippen LogP contribution is 2.56. The van der Waals surface area contributed by atoms with Gasteiger partial charge in [0, 0.05) is 10.9 Å². The second kappa shape index (κ2) is 6.50. The average Bonchev–Trinajstić information content (AvgIpc) is 3.35. The highest BCUT2D eigenvalue weighted by atomic mass is 32.2. The first-order valence-corrected chi connectivity index (χ1v) is 10.2. The first-order chi connectivity index (χ1) is 12.2. The number of thioether (sulfide) groups is 1. The van der Waals surface area contributed by atoms with Crippen molar-refractivity contribution in [3.8, 4) is 0 Å². The van der Waals surface area contributed by atoms with E-state index in [1.54, 1.807) is 11.3 Å². The lowest BCUT2D eigenvalue weighted by atomic mass is 9.87. The van der Waals surface area contributed by atoms with Crippen LogP contribution in [0.15, 0.2) is 47.8 Å². The summed E-state index contributed by atoms with van der Waals surface area (Å²) in [5.74, 6) is 0.115. The normalized spacial score (nSPS) is 26.5. The summed E-state index contributed by atoms with van der Waals surface area (Å²) in [6.45, 7) is 0. The number of amides is 1. The summed E-state index contributed by atoms with van der Waals surface area (Å²) in [6.07, 6.45) is 2.01. The van der Waals surface area contributed by atoms with Crippen LogP contribution >= 0.6 is 23.1 Å². The maximum Gasteiger partial charge on any atom is 0.329 e. The van der Waals surface area contributed by atoms with Gasteiger partial charge in [-0.15, -0.1) is 23.1 Å². The second-order valence-corrected chi connectivity index (χ2v) is 8.53. The number of nitrogens with zero attached hydrogens (tertiary/aromatic N) is 1. The van der Waals surface area contributed by atoms with Crippen LogP contribution in [-0.2, 0) is 19.1 Å². The molecule has 130 valence electrons. The van der Waals surface area contributed by atoms with Crippen LogP contribution in [0.5, 0.6) is 0 Å². The van der Waals surface area contributed by atoms with E-state index in [2.05, 4.69) is 0 Å². The molecular formula is C19H19NO3S2. The van der Waals surface area contributed by atoms with E-state index in [0.717, 1.165) is 23.3 Å². The lowest BCUT2D eigenvalue weighted by Crippen LogP contribution is -2.55. The van der Waals surface area contributed by atoms with Crippen molar-refractivity contribution in [3.63, 3.8) is 0 Å². The molecule has 2 atom stereocenters. The standard InChI is InChI=1S/C19H19NO3S2/c1-23-18(22)19(13-6-3-2-4-7-13)17(15-8-5-11-24-15)20(14-9-10-14)16(21)12-25-19/h2-8,11,14,17H,9-10,12H2,1H3/t17-,19-/m1/s1. The molecular weight excluding hydrogens is 354 g/mol. The van der Waals surface area contributed by atoms with Gasteiger partial charge in [-0.2, -0.15) is 0 Å². The van der Waals surface area contributed by atoms with Crippen LogP contribution in [0, 0.1) is 0 Å². The zero-order valence-corrected chi connectivity index (χ0v) is 15.5. The average molecular weight is 373 g/mol. The van der Waals surface area contributed by atoms with Gasteiger partial charge in [0.1, 0.15) is 0 Å². The quantitative estimate of drug-likeness (QED) is 0.769. The molecule has 0 unspecified atom stereocenters. The van der Waals surface area contributed by atoms with Gasteiger partial charge in [-0.05, 0) is 29.9 Å². The predicted molar refractivity (Wildman–Crippen MR) is 99.5 cm³/mol. The third-order valence-corrected chi connectivity index (χ3v) is 7.22. The van der Waals surface area contributed by atoms with Gasteiger partial charge in [0.15, 0.2) is 4.75 Å².